The van der Waals surface area contributed by atoms with Crippen LogP contribution in [0.5, 0.6) is 0 Å². The van der Waals surface area contributed by atoms with E-state index < -0.39 is 20.2 Å². The lowest BCUT2D eigenvalue weighted by molar-refractivity contribution is 0.278. The third-order valence-electron chi connectivity index (χ3n) is 4.11. The Labute approximate surface area is 144 Å². The Bertz CT molecular complexity index is 745. The monoisotopic (exact) mass is 375 g/mol. The molecule has 1 heterocycles. The average molecular weight is 376 g/mol. The second-order valence-corrected chi connectivity index (χ2v) is 9.89. The number of piperidine rings is 1. The van der Waals surface area contributed by atoms with Crippen molar-refractivity contribution in [2.45, 2.75) is 32.1 Å². The highest BCUT2D eigenvalue weighted by Crippen LogP contribution is 2.18. The molecule has 2 N–H and O–H groups in total. The Morgan fingerprint density at radius 2 is 1.75 bits per heavy atom. The van der Waals surface area contributed by atoms with Crippen LogP contribution in [0.3, 0.4) is 0 Å². The molecule has 0 radical (unpaired) electrons. The van der Waals surface area contributed by atoms with Crippen LogP contribution in [0.4, 0.5) is 0 Å². The summed E-state index contributed by atoms with van der Waals surface area (Å²) in [6, 6.07) is 6.87. The van der Waals surface area contributed by atoms with Gasteiger partial charge in [-0.2, -0.15) is 17.4 Å². The first kappa shape index (κ1) is 19.3. The molecule has 0 spiro atoms. The third kappa shape index (κ3) is 5.52. The lowest BCUT2D eigenvalue weighted by Gasteiger charge is -2.30. The van der Waals surface area contributed by atoms with Crippen LogP contribution in [0.25, 0.3) is 0 Å². The van der Waals surface area contributed by atoms with E-state index in [2.05, 4.69) is 16.4 Å². The van der Waals surface area contributed by atoms with Gasteiger partial charge in [0.15, 0.2) is 0 Å². The molecular weight excluding hydrogens is 350 g/mol. The quantitative estimate of drug-likeness (QED) is 0.737. The van der Waals surface area contributed by atoms with E-state index in [1.165, 1.54) is 11.4 Å². The predicted molar refractivity (Wildman–Crippen MR) is 93.9 cm³/mol. The minimum atomic E-state index is -3.48. The van der Waals surface area contributed by atoms with Gasteiger partial charge in [-0.25, -0.2) is 13.1 Å². The molecule has 0 saturated carbocycles. The van der Waals surface area contributed by atoms with Gasteiger partial charge in [-0.3, -0.25) is 0 Å². The number of hydrogen-bond acceptors (Lipinski definition) is 4. The summed E-state index contributed by atoms with van der Waals surface area (Å²) in [4.78, 5) is 0. The molecule has 136 valence electrons. The summed E-state index contributed by atoms with van der Waals surface area (Å²) in [6.07, 6.45) is 1.94. The van der Waals surface area contributed by atoms with Crippen molar-refractivity contribution < 1.29 is 16.8 Å². The second kappa shape index (κ2) is 7.92. The largest absolute Gasteiger partial charge is 0.279 e. The highest BCUT2D eigenvalue weighted by Gasteiger charge is 2.26. The smallest absolute Gasteiger partial charge is 0.218 e. The van der Waals surface area contributed by atoms with E-state index in [4.69, 9.17) is 0 Å². The molecule has 1 aromatic rings. The van der Waals surface area contributed by atoms with E-state index in [1.807, 2.05) is 0 Å². The van der Waals surface area contributed by atoms with Crippen molar-refractivity contribution in [1.82, 2.24) is 13.7 Å². The summed E-state index contributed by atoms with van der Waals surface area (Å²) in [5, 5.41) is 0. The molecule has 1 atom stereocenters. The van der Waals surface area contributed by atoms with Crippen LogP contribution < -0.4 is 9.44 Å². The van der Waals surface area contributed by atoms with Gasteiger partial charge >= 0.3 is 0 Å². The van der Waals surface area contributed by atoms with Crippen LogP contribution in [-0.4, -0.2) is 41.3 Å². The van der Waals surface area contributed by atoms with Crippen molar-refractivity contribution in [3.8, 4) is 0 Å². The molecule has 9 heteroatoms. The fourth-order valence-electron chi connectivity index (χ4n) is 2.68. The van der Waals surface area contributed by atoms with Gasteiger partial charge in [0.2, 0.25) is 10.0 Å². The first-order valence-corrected chi connectivity index (χ1v) is 11.0. The van der Waals surface area contributed by atoms with E-state index >= 15 is 0 Å². The Kier molecular flexibility index (Phi) is 6.38. The fourth-order valence-corrected chi connectivity index (χ4v) is 4.80. The molecule has 1 aliphatic heterocycles. The first-order valence-electron chi connectivity index (χ1n) is 7.95. The van der Waals surface area contributed by atoms with Crippen LogP contribution in [0.15, 0.2) is 24.3 Å². The minimum absolute atomic E-state index is 0.0961. The maximum atomic E-state index is 12.3. The summed E-state index contributed by atoms with van der Waals surface area (Å²) in [5.41, 5.74) is 1.44. The van der Waals surface area contributed by atoms with Crippen molar-refractivity contribution in [2.75, 3.05) is 20.1 Å². The second-order valence-electron chi connectivity index (χ2n) is 6.21. The molecule has 1 fully saturated rings. The number of nitrogens with one attached hydrogen (secondary N) is 2. The molecule has 0 bridgehead atoms. The van der Waals surface area contributed by atoms with Gasteiger partial charge in [-0.1, -0.05) is 31.2 Å². The van der Waals surface area contributed by atoms with Crippen LogP contribution in [0, 0.1) is 5.92 Å². The molecular formula is C15H25N3O4S2. The maximum absolute atomic E-state index is 12.3. The van der Waals surface area contributed by atoms with Crippen molar-refractivity contribution in [2.24, 2.45) is 5.92 Å². The van der Waals surface area contributed by atoms with Crippen molar-refractivity contribution in [3.63, 3.8) is 0 Å². The number of rotatable bonds is 7. The van der Waals surface area contributed by atoms with Gasteiger partial charge in [-0.15, -0.1) is 0 Å². The fraction of sp³-hybridized carbons (Fsp3) is 0.600. The predicted octanol–water partition coefficient (Wildman–Crippen LogP) is 0.802. The number of benzene rings is 1. The molecule has 0 aromatic heterocycles. The highest BCUT2D eigenvalue weighted by atomic mass is 32.2. The standard InChI is InChI=1S/C15H25N3O4S2/c1-13-4-3-9-18(11-13)24(21,22)17-10-14-5-7-15(8-6-14)12-23(19,20)16-2/h5-8,13,16-17H,3-4,9-12H2,1-2H3. The van der Waals surface area contributed by atoms with Gasteiger partial charge in [0.1, 0.15) is 0 Å². The Morgan fingerprint density at radius 3 is 2.33 bits per heavy atom. The maximum Gasteiger partial charge on any atom is 0.279 e. The van der Waals surface area contributed by atoms with Crippen molar-refractivity contribution in [3.05, 3.63) is 35.4 Å². The molecule has 1 aliphatic rings. The zero-order valence-electron chi connectivity index (χ0n) is 14.0. The zero-order chi connectivity index (χ0) is 17.8. The van der Waals surface area contributed by atoms with Crippen molar-refractivity contribution >= 4 is 20.2 Å². The van der Waals surface area contributed by atoms with Gasteiger partial charge < -0.3 is 0 Å². The SMILES string of the molecule is CNS(=O)(=O)Cc1ccc(CNS(=O)(=O)N2CCCC(C)C2)cc1. The van der Waals surface area contributed by atoms with Gasteiger partial charge in [0, 0.05) is 19.6 Å². The van der Waals surface area contributed by atoms with E-state index in [9.17, 15) is 16.8 Å². The summed E-state index contributed by atoms with van der Waals surface area (Å²) in [7, 11) is -5.41. The van der Waals surface area contributed by atoms with Crippen LogP contribution in [0.1, 0.15) is 30.9 Å². The minimum Gasteiger partial charge on any atom is -0.218 e. The zero-order valence-corrected chi connectivity index (χ0v) is 15.7. The van der Waals surface area contributed by atoms with Crippen LogP contribution in [-0.2, 0) is 32.5 Å². The number of hydrogen-bond donors (Lipinski definition) is 2. The Morgan fingerprint density at radius 1 is 1.12 bits per heavy atom. The molecule has 1 unspecified atom stereocenters. The summed E-state index contributed by atoms with van der Waals surface area (Å²) < 4.78 is 54.0. The molecule has 0 amide bonds. The van der Waals surface area contributed by atoms with E-state index in [1.54, 1.807) is 24.3 Å². The summed E-state index contributed by atoms with van der Waals surface area (Å²) in [5.74, 6) is 0.282. The van der Waals surface area contributed by atoms with Crippen LogP contribution in [0.2, 0.25) is 0 Å². The van der Waals surface area contributed by atoms with Gasteiger partial charge in [-0.05, 0) is 36.9 Å². The summed E-state index contributed by atoms with van der Waals surface area (Å²) in [6.45, 7) is 3.35. The molecule has 1 aromatic carbocycles. The topological polar surface area (TPSA) is 95.6 Å². The van der Waals surface area contributed by atoms with Gasteiger partial charge in [0.05, 0.1) is 5.75 Å². The Hall–Kier alpha value is -1.00. The number of sulfonamides is 1. The molecule has 7 nitrogen and oxygen atoms in total. The molecule has 24 heavy (non-hydrogen) atoms. The van der Waals surface area contributed by atoms with E-state index in [0.717, 1.165) is 18.4 Å². The number of nitrogens with zero attached hydrogens (tertiary/aromatic N) is 1. The molecule has 1 saturated heterocycles. The molecule has 0 aliphatic carbocycles. The Balaban J connectivity index is 1.94. The van der Waals surface area contributed by atoms with E-state index in [0.29, 0.717) is 24.6 Å². The normalized spacial score (nSPS) is 20.2. The lowest BCUT2D eigenvalue weighted by Crippen LogP contribution is -2.45. The third-order valence-corrected chi connectivity index (χ3v) is 6.97. The van der Waals surface area contributed by atoms with Crippen molar-refractivity contribution in [1.29, 1.82) is 0 Å². The van der Waals surface area contributed by atoms with Crippen LogP contribution >= 0.6 is 0 Å². The van der Waals surface area contributed by atoms with Gasteiger partial charge in [0.25, 0.3) is 10.2 Å². The highest BCUT2D eigenvalue weighted by molar-refractivity contribution is 7.88. The first-order chi connectivity index (χ1) is 11.2. The lowest BCUT2D eigenvalue weighted by atomic mass is 10.0. The van der Waals surface area contributed by atoms with E-state index in [-0.39, 0.29) is 12.3 Å². The average Bonchev–Trinajstić information content (AvgIpc) is 2.54. The summed E-state index contributed by atoms with van der Waals surface area (Å²) >= 11 is 0. The molecule has 2 rings (SSSR count).